The minimum Gasteiger partial charge on any atom is -0.352 e. The monoisotopic (exact) mass is 353 g/mol. The summed E-state index contributed by atoms with van der Waals surface area (Å²) in [4.78, 5) is 10.6. The number of hydrogen-bond acceptors (Lipinski definition) is 3. The second-order valence-electron chi connectivity index (χ2n) is 7.04. The predicted octanol–water partition coefficient (Wildman–Crippen LogP) is 4.09. The minimum atomic E-state index is -0.379. The maximum atomic E-state index is 6.09. The molecule has 4 heteroatoms. The van der Waals surface area contributed by atoms with Gasteiger partial charge < -0.3 is 4.90 Å². The summed E-state index contributed by atoms with van der Waals surface area (Å²) >= 11 is 6.09. The van der Waals surface area contributed by atoms with E-state index in [0.717, 1.165) is 36.9 Å². The quantitative estimate of drug-likeness (QED) is 0.754. The van der Waals surface area contributed by atoms with Crippen molar-refractivity contribution in [3.8, 4) is 0 Å². The molecule has 3 nitrogen and oxygen atoms in total. The fraction of sp³-hybridized carbons (Fsp3) is 0.429. The van der Waals surface area contributed by atoms with Crippen LogP contribution in [0.4, 0.5) is 0 Å². The van der Waals surface area contributed by atoms with Gasteiger partial charge in [-0.05, 0) is 38.0 Å². The van der Waals surface area contributed by atoms with Gasteiger partial charge in [-0.25, -0.2) is 0 Å². The second-order valence-corrected chi connectivity index (χ2v) is 7.42. The zero-order valence-corrected chi connectivity index (χ0v) is 16.2. The molecule has 0 spiro atoms. The fourth-order valence-electron chi connectivity index (χ4n) is 3.65. The number of aromatic nitrogens is 1. The van der Waals surface area contributed by atoms with Crippen LogP contribution in [-0.4, -0.2) is 45.6 Å². The Hall–Kier alpha value is -1.78. The van der Waals surface area contributed by atoms with E-state index in [1.165, 1.54) is 5.56 Å². The largest absolute Gasteiger partial charge is 0.352 e. The first kappa shape index (κ1) is 18.0. The van der Waals surface area contributed by atoms with Gasteiger partial charge in [0.05, 0.1) is 17.4 Å². The lowest BCUT2D eigenvalue weighted by Crippen LogP contribution is -2.62. The van der Waals surface area contributed by atoms with Crippen LogP contribution in [0, 0.1) is 0 Å². The molecule has 1 aromatic carbocycles. The highest BCUT2D eigenvalue weighted by molar-refractivity contribution is 7.80. The number of hydrogen-bond donors (Lipinski definition) is 0. The first-order chi connectivity index (χ1) is 12.1. The Labute approximate surface area is 156 Å². The smallest absolute Gasteiger partial charge is 0.100 e. The number of rotatable bonds is 5. The molecule has 0 saturated carbocycles. The van der Waals surface area contributed by atoms with E-state index in [1.807, 2.05) is 12.3 Å². The average Bonchev–Trinajstić information content (AvgIpc) is 2.65. The summed E-state index contributed by atoms with van der Waals surface area (Å²) in [5.41, 5.74) is 1.89. The highest BCUT2D eigenvalue weighted by atomic mass is 32.1. The van der Waals surface area contributed by atoms with Crippen molar-refractivity contribution < 1.29 is 0 Å². The molecular formula is C21H27N3S. The molecule has 132 valence electrons. The van der Waals surface area contributed by atoms with E-state index >= 15 is 0 Å². The molecule has 1 aliphatic heterocycles. The summed E-state index contributed by atoms with van der Waals surface area (Å²) in [7, 11) is 0. The van der Waals surface area contributed by atoms with E-state index in [4.69, 9.17) is 17.2 Å². The summed E-state index contributed by atoms with van der Waals surface area (Å²) in [5, 5.41) is 0. The molecule has 0 radical (unpaired) electrons. The van der Waals surface area contributed by atoms with Crippen LogP contribution >= 0.6 is 12.2 Å². The lowest BCUT2D eigenvalue weighted by Gasteiger charge is -2.50. The normalized spacial score (nSPS) is 21.8. The first-order valence-corrected chi connectivity index (χ1v) is 9.51. The zero-order chi connectivity index (χ0) is 17.9. The van der Waals surface area contributed by atoms with E-state index in [1.54, 1.807) is 0 Å². The second kappa shape index (κ2) is 7.63. The van der Waals surface area contributed by atoms with Crippen LogP contribution in [0.5, 0.6) is 0 Å². The third-order valence-corrected chi connectivity index (χ3v) is 5.64. The number of benzene rings is 1. The van der Waals surface area contributed by atoms with Crippen LogP contribution in [0.1, 0.15) is 38.4 Å². The first-order valence-electron chi connectivity index (χ1n) is 9.10. The van der Waals surface area contributed by atoms with E-state index < -0.39 is 0 Å². The van der Waals surface area contributed by atoms with E-state index in [2.05, 4.69) is 73.0 Å². The Morgan fingerprint density at radius 2 is 1.84 bits per heavy atom. The van der Waals surface area contributed by atoms with Gasteiger partial charge in [-0.2, -0.15) is 0 Å². The minimum absolute atomic E-state index is 0.379. The molecule has 1 atom stereocenters. The Morgan fingerprint density at radius 3 is 2.44 bits per heavy atom. The maximum Gasteiger partial charge on any atom is 0.100 e. The lowest BCUT2D eigenvalue weighted by molar-refractivity contribution is 0.106. The van der Waals surface area contributed by atoms with Crippen molar-refractivity contribution in [2.45, 2.75) is 38.6 Å². The molecule has 2 heterocycles. The molecule has 0 amide bonds. The van der Waals surface area contributed by atoms with Crippen molar-refractivity contribution in [3.63, 3.8) is 0 Å². The number of nitrogens with zero attached hydrogens (tertiary/aromatic N) is 3. The SMILES string of the molecule is CCCN1CN(C(C)C)CC(c2ccccc2)(c2ccccn2)C1=S. The van der Waals surface area contributed by atoms with Gasteiger partial charge in [-0.1, -0.05) is 55.5 Å². The van der Waals surface area contributed by atoms with Crippen molar-refractivity contribution in [1.82, 2.24) is 14.8 Å². The van der Waals surface area contributed by atoms with Crippen molar-refractivity contribution >= 4 is 17.2 Å². The summed E-state index contributed by atoms with van der Waals surface area (Å²) in [6.45, 7) is 9.46. The molecule has 1 saturated heterocycles. The molecule has 2 aromatic rings. The van der Waals surface area contributed by atoms with Gasteiger partial charge in [0.25, 0.3) is 0 Å². The van der Waals surface area contributed by atoms with Crippen LogP contribution < -0.4 is 0 Å². The van der Waals surface area contributed by atoms with Gasteiger partial charge in [0, 0.05) is 25.3 Å². The van der Waals surface area contributed by atoms with E-state index in [9.17, 15) is 0 Å². The summed E-state index contributed by atoms with van der Waals surface area (Å²) in [6, 6.07) is 17.2. The standard InChI is InChI=1S/C21H27N3S/c1-4-14-23-16-24(17(2)3)15-21(20(23)25,18-10-6-5-7-11-18)19-12-8-9-13-22-19/h5-13,17H,4,14-16H2,1-3H3. The molecule has 1 unspecified atom stereocenters. The lowest BCUT2D eigenvalue weighted by atomic mass is 9.74. The molecule has 1 aromatic heterocycles. The fourth-order valence-corrected chi connectivity index (χ4v) is 4.09. The molecule has 1 aliphatic rings. The Balaban J connectivity index is 2.19. The van der Waals surface area contributed by atoms with Crippen LogP contribution in [0.3, 0.4) is 0 Å². The van der Waals surface area contributed by atoms with Gasteiger partial charge in [0.15, 0.2) is 0 Å². The van der Waals surface area contributed by atoms with Crippen LogP contribution in [0.25, 0.3) is 0 Å². The van der Waals surface area contributed by atoms with Crippen molar-refractivity contribution in [2.24, 2.45) is 0 Å². The van der Waals surface area contributed by atoms with Gasteiger partial charge in [0.2, 0.25) is 0 Å². The molecule has 25 heavy (non-hydrogen) atoms. The molecule has 0 N–H and O–H groups in total. The summed E-state index contributed by atoms with van der Waals surface area (Å²) in [5.74, 6) is 0. The van der Waals surface area contributed by atoms with Gasteiger partial charge >= 0.3 is 0 Å². The molecule has 0 aliphatic carbocycles. The Morgan fingerprint density at radius 1 is 1.12 bits per heavy atom. The third-order valence-electron chi connectivity index (χ3n) is 5.04. The molecule has 3 rings (SSSR count). The molecule has 1 fully saturated rings. The van der Waals surface area contributed by atoms with Crippen molar-refractivity contribution in [2.75, 3.05) is 19.8 Å². The predicted molar refractivity (Wildman–Crippen MR) is 108 cm³/mol. The van der Waals surface area contributed by atoms with Crippen LogP contribution in [0.15, 0.2) is 54.7 Å². The van der Waals surface area contributed by atoms with Crippen molar-refractivity contribution in [1.29, 1.82) is 0 Å². The highest BCUT2D eigenvalue weighted by Crippen LogP contribution is 2.38. The van der Waals surface area contributed by atoms with E-state index in [-0.39, 0.29) is 5.41 Å². The van der Waals surface area contributed by atoms with Gasteiger partial charge in [0.1, 0.15) is 5.41 Å². The summed E-state index contributed by atoms with van der Waals surface area (Å²) < 4.78 is 0. The number of thiocarbonyl (C=S) groups is 1. The highest BCUT2D eigenvalue weighted by Gasteiger charge is 2.47. The Bertz CT molecular complexity index is 660. The third kappa shape index (κ3) is 3.33. The topological polar surface area (TPSA) is 19.4 Å². The van der Waals surface area contributed by atoms with Crippen molar-refractivity contribution in [3.05, 3.63) is 66.0 Å². The van der Waals surface area contributed by atoms with Crippen LogP contribution in [-0.2, 0) is 5.41 Å². The van der Waals surface area contributed by atoms with E-state index in [0.29, 0.717) is 6.04 Å². The number of pyridine rings is 1. The Kier molecular flexibility index (Phi) is 5.50. The molecule has 0 bridgehead atoms. The molecular weight excluding hydrogens is 326 g/mol. The van der Waals surface area contributed by atoms with Gasteiger partial charge in [-0.15, -0.1) is 0 Å². The van der Waals surface area contributed by atoms with Gasteiger partial charge in [-0.3, -0.25) is 9.88 Å². The average molecular weight is 354 g/mol. The maximum absolute atomic E-state index is 6.09. The van der Waals surface area contributed by atoms with Crippen LogP contribution in [0.2, 0.25) is 0 Å². The zero-order valence-electron chi connectivity index (χ0n) is 15.4. The summed E-state index contributed by atoms with van der Waals surface area (Å²) in [6.07, 6.45) is 2.96.